The van der Waals surface area contributed by atoms with Crippen LogP contribution in [0.25, 0.3) is 10.3 Å². The van der Waals surface area contributed by atoms with Crippen molar-refractivity contribution in [1.82, 2.24) is 25.3 Å². The second-order valence-corrected chi connectivity index (χ2v) is 12.5. The summed E-state index contributed by atoms with van der Waals surface area (Å²) in [5.74, 6) is 0.308. The highest BCUT2D eigenvalue weighted by Gasteiger charge is 2.36. The monoisotopic (exact) mass is 579 g/mol. The van der Waals surface area contributed by atoms with Crippen molar-refractivity contribution in [2.75, 3.05) is 18.4 Å². The molecule has 0 spiro atoms. The van der Waals surface area contributed by atoms with Gasteiger partial charge in [0.2, 0.25) is 5.88 Å². The van der Waals surface area contributed by atoms with Gasteiger partial charge in [0.05, 0.1) is 10.1 Å². The van der Waals surface area contributed by atoms with Gasteiger partial charge in [-0.15, -0.1) is 0 Å². The number of fused-ring (bicyclic) bond motifs is 1. The predicted molar refractivity (Wildman–Crippen MR) is 148 cm³/mol. The van der Waals surface area contributed by atoms with Crippen LogP contribution in [-0.2, 0) is 26.1 Å². The molecular formula is C26H25N7O5S2. The van der Waals surface area contributed by atoms with Crippen molar-refractivity contribution in [3.05, 3.63) is 66.2 Å². The number of thiazole rings is 1. The minimum absolute atomic E-state index is 0.0590. The van der Waals surface area contributed by atoms with Gasteiger partial charge < -0.3 is 14.9 Å². The van der Waals surface area contributed by atoms with Crippen LogP contribution in [0.3, 0.4) is 0 Å². The van der Waals surface area contributed by atoms with E-state index in [-0.39, 0.29) is 28.6 Å². The molecule has 2 N–H and O–H groups in total. The predicted octanol–water partition coefficient (Wildman–Crippen LogP) is 2.72. The average molecular weight is 580 g/mol. The van der Waals surface area contributed by atoms with Crippen molar-refractivity contribution >= 4 is 48.3 Å². The lowest BCUT2D eigenvalue weighted by molar-refractivity contribution is -0.110. The number of carbonyl (C=O) groups is 1. The van der Waals surface area contributed by atoms with E-state index in [2.05, 4.69) is 35.7 Å². The molecule has 6 rings (SSSR count). The van der Waals surface area contributed by atoms with Crippen LogP contribution in [0, 0.1) is 0 Å². The first-order valence-corrected chi connectivity index (χ1v) is 15.1. The number of sulfone groups is 1. The molecule has 206 valence electrons. The largest absolute Gasteiger partial charge is 0.473 e. The van der Waals surface area contributed by atoms with Gasteiger partial charge in [-0.3, -0.25) is 10.1 Å². The molecule has 1 aliphatic carbocycles. The fourth-order valence-electron chi connectivity index (χ4n) is 4.13. The van der Waals surface area contributed by atoms with Gasteiger partial charge in [0.15, 0.2) is 33.1 Å². The van der Waals surface area contributed by atoms with Crippen LogP contribution >= 0.6 is 11.3 Å². The van der Waals surface area contributed by atoms with E-state index in [4.69, 9.17) is 9.57 Å². The summed E-state index contributed by atoms with van der Waals surface area (Å²) in [6, 6.07) is 11.3. The Morgan fingerprint density at radius 2 is 1.88 bits per heavy atom. The number of pyridine rings is 1. The number of nitrogens with one attached hydrogen (secondary N) is 2. The van der Waals surface area contributed by atoms with Gasteiger partial charge in [0.25, 0.3) is 5.91 Å². The second kappa shape index (κ2) is 11.2. The van der Waals surface area contributed by atoms with E-state index in [1.807, 2.05) is 0 Å². The highest BCUT2D eigenvalue weighted by atomic mass is 32.2. The Hall–Kier alpha value is -4.01. The maximum atomic E-state index is 13.4. The highest BCUT2D eigenvalue weighted by molar-refractivity contribution is 7.92. The summed E-state index contributed by atoms with van der Waals surface area (Å²) >= 11 is 1.20. The number of aromatic nitrogens is 4. The van der Waals surface area contributed by atoms with Crippen LogP contribution in [-0.4, -0.2) is 64.4 Å². The molecule has 1 saturated heterocycles. The van der Waals surface area contributed by atoms with Crippen molar-refractivity contribution in [2.45, 2.75) is 42.1 Å². The Bertz CT molecular complexity index is 1650. The Kier molecular flexibility index (Phi) is 7.36. The number of ether oxygens (including phenoxy) is 1. The Balaban J connectivity index is 1.22. The lowest BCUT2D eigenvalue weighted by Gasteiger charge is -2.10. The molecule has 2 fully saturated rings. The lowest BCUT2D eigenvalue weighted by atomic mass is 10.1. The zero-order valence-corrected chi connectivity index (χ0v) is 22.8. The quantitative estimate of drug-likeness (QED) is 0.211. The highest BCUT2D eigenvalue weighted by Crippen LogP contribution is 2.33. The third-order valence-electron chi connectivity index (χ3n) is 6.36. The van der Waals surface area contributed by atoms with Crippen LogP contribution in [0.5, 0.6) is 5.88 Å². The van der Waals surface area contributed by atoms with Gasteiger partial charge in [0, 0.05) is 30.6 Å². The molecule has 1 aliphatic heterocycles. The van der Waals surface area contributed by atoms with Crippen LogP contribution in [0.2, 0.25) is 0 Å². The van der Waals surface area contributed by atoms with Crippen LogP contribution in [0.4, 0.5) is 5.13 Å². The standard InChI is InChI=1S/C26H25N7O5S2/c34-24(32-26-30-20-8-9-22(31-25(20)39-26)38-17-10-13-27-14-17)23(33-37-15-21-28-11-1-12-29-21)16-2-4-18(5-3-16)40(35,36)19-6-7-19/h1-5,8-9,11-12,17,19,27H,6-7,10,13-15H2,(H,30,32,34)/t17-/m1/s1. The second-order valence-electron chi connectivity index (χ2n) is 9.33. The summed E-state index contributed by atoms with van der Waals surface area (Å²) in [4.78, 5) is 36.8. The molecule has 2 aliphatic rings. The molecule has 4 aromatic rings. The molecule has 4 heterocycles. The first-order valence-electron chi connectivity index (χ1n) is 12.7. The number of hydrogen-bond donors (Lipinski definition) is 2. The van der Waals surface area contributed by atoms with E-state index in [9.17, 15) is 13.2 Å². The normalized spacial score (nSPS) is 17.6. The van der Waals surface area contributed by atoms with E-state index in [1.54, 1.807) is 30.6 Å². The number of nitrogens with zero attached hydrogens (tertiary/aromatic N) is 5. The molecule has 1 saturated carbocycles. The topological polar surface area (TPSA) is 158 Å². The van der Waals surface area contributed by atoms with E-state index in [0.29, 0.717) is 45.6 Å². The molecule has 1 amide bonds. The number of oxime groups is 1. The first-order chi connectivity index (χ1) is 19.5. The first kappa shape index (κ1) is 26.2. The van der Waals surface area contributed by atoms with Gasteiger partial charge >= 0.3 is 0 Å². The van der Waals surface area contributed by atoms with Crippen molar-refractivity contribution in [1.29, 1.82) is 0 Å². The molecule has 1 aromatic carbocycles. The number of carbonyl (C=O) groups excluding carboxylic acids is 1. The smallest absolute Gasteiger partial charge is 0.280 e. The Morgan fingerprint density at radius 1 is 1.07 bits per heavy atom. The summed E-state index contributed by atoms with van der Waals surface area (Å²) in [6.07, 6.45) is 5.46. The van der Waals surface area contributed by atoms with Crippen LogP contribution < -0.4 is 15.4 Å². The molecule has 0 unspecified atom stereocenters. The Labute approximate surface area is 233 Å². The molecule has 0 bridgehead atoms. The van der Waals surface area contributed by atoms with E-state index in [0.717, 1.165) is 19.5 Å². The van der Waals surface area contributed by atoms with Crippen molar-refractivity contribution < 1.29 is 22.8 Å². The number of hydrogen-bond acceptors (Lipinski definition) is 12. The molecule has 1 atom stereocenters. The van der Waals surface area contributed by atoms with E-state index in [1.165, 1.54) is 35.6 Å². The third kappa shape index (κ3) is 5.93. The van der Waals surface area contributed by atoms with Crippen molar-refractivity contribution in [2.24, 2.45) is 5.16 Å². The number of amides is 1. The number of benzene rings is 1. The molecule has 3 aromatic heterocycles. The SMILES string of the molecule is O=C(Nc1nc2ccc(O[C@@H]3CCNC3)nc2s1)C(=NOCc1ncccn1)c1ccc(S(=O)(=O)C2CC2)cc1. The fourth-order valence-corrected chi connectivity index (χ4v) is 6.61. The maximum Gasteiger partial charge on any atom is 0.280 e. The van der Waals surface area contributed by atoms with E-state index < -0.39 is 15.7 Å². The number of anilines is 1. The summed E-state index contributed by atoms with van der Waals surface area (Å²) < 4.78 is 31.2. The zero-order valence-electron chi connectivity index (χ0n) is 21.2. The van der Waals surface area contributed by atoms with Gasteiger partial charge in [-0.05, 0) is 50.1 Å². The molecule has 12 nitrogen and oxygen atoms in total. The van der Waals surface area contributed by atoms with Crippen molar-refractivity contribution in [3.8, 4) is 5.88 Å². The van der Waals surface area contributed by atoms with Gasteiger partial charge in [-0.25, -0.2) is 28.4 Å². The molecule has 40 heavy (non-hydrogen) atoms. The summed E-state index contributed by atoms with van der Waals surface area (Å²) in [5.41, 5.74) is 0.931. The average Bonchev–Trinajstić information content (AvgIpc) is 3.58. The maximum absolute atomic E-state index is 13.4. The van der Waals surface area contributed by atoms with Crippen LogP contribution in [0.15, 0.2) is 64.9 Å². The minimum Gasteiger partial charge on any atom is -0.473 e. The molecular weight excluding hydrogens is 554 g/mol. The van der Waals surface area contributed by atoms with Gasteiger partial charge in [-0.2, -0.15) is 0 Å². The molecule has 0 radical (unpaired) electrons. The number of rotatable bonds is 10. The van der Waals surface area contributed by atoms with Crippen LogP contribution in [0.1, 0.15) is 30.7 Å². The summed E-state index contributed by atoms with van der Waals surface area (Å²) in [5, 5.41) is 10.1. The summed E-state index contributed by atoms with van der Waals surface area (Å²) in [7, 11) is -3.37. The Morgan fingerprint density at radius 3 is 2.60 bits per heavy atom. The van der Waals surface area contributed by atoms with Gasteiger partial charge in [-0.1, -0.05) is 28.6 Å². The molecule has 14 heteroatoms. The zero-order chi connectivity index (χ0) is 27.5. The third-order valence-corrected chi connectivity index (χ3v) is 9.52. The lowest BCUT2D eigenvalue weighted by Crippen LogP contribution is -2.24. The van der Waals surface area contributed by atoms with E-state index >= 15 is 0 Å². The van der Waals surface area contributed by atoms with Crippen molar-refractivity contribution in [3.63, 3.8) is 0 Å². The fraction of sp³-hybridized carbons (Fsp3) is 0.308. The van der Waals surface area contributed by atoms with Gasteiger partial charge in [0.1, 0.15) is 16.5 Å². The minimum atomic E-state index is -3.37. The summed E-state index contributed by atoms with van der Waals surface area (Å²) in [6.45, 7) is 1.63.